The predicted octanol–water partition coefficient (Wildman–Crippen LogP) is 4.71. The second kappa shape index (κ2) is 8.55. The fourth-order valence-corrected chi connectivity index (χ4v) is 3.91. The first-order chi connectivity index (χ1) is 13.8. The lowest BCUT2D eigenvalue weighted by atomic mass is 10.1. The molecule has 3 rings (SSSR count). The van der Waals surface area contributed by atoms with E-state index < -0.39 is 15.9 Å². The van der Waals surface area contributed by atoms with Crippen LogP contribution in [0.3, 0.4) is 0 Å². The normalized spacial score (nSPS) is 11.0. The largest absolute Gasteiger partial charge is 0.497 e. The first-order valence-electron chi connectivity index (χ1n) is 8.63. The minimum Gasteiger partial charge on any atom is -0.497 e. The Balaban J connectivity index is 1.83. The number of benzene rings is 3. The molecular formula is C21H19ClN2O4S. The summed E-state index contributed by atoms with van der Waals surface area (Å²) in [6.45, 7) is 1.91. The number of sulfonamides is 1. The van der Waals surface area contributed by atoms with Gasteiger partial charge in [0.05, 0.1) is 22.6 Å². The number of halogens is 1. The van der Waals surface area contributed by atoms with Crippen molar-refractivity contribution >= 4 is 38.9 Å². The monoisotopic (exact) mass is 430 g/mol. The molecule has 0 atom stereocenters. The van der Waals surface area contributed by atoms with Gasteiger partial charge in [-0.1, -0.05) is 23.7 Å². The number of carbonyl (C=O) groups excluding carboxylic acids is 1. The summed E-state index contributed by atoms with van der Waals surface area (Å²) in [4.78, 5) is 12.7. The molecule has 0 heterocycles. The van der Waals surface area contributed by atoms with E-state index in [0.717, 1.165) is 5.56 Å². The van der Waals surface area contributed by atoms with Crippen LogP contribution in [0.4, 0.5) is 11.4 Å². The van der Waals surface area contributed by atoms with Crippen molar-refractivity contribution in [3.8, 4) is 5.75 Å². The molecule has 0 aliphatic carbocycles. The van der Waals surface area contributed by atoms with Gasteiger partial charge in [0.1, 0.15) is 5.75 Å². The van der Waals surface area contributed by atoms with Crippen molar-refractivity contribution in [2.24, 2.45) is 0 Å². The molecule has 8 heteroatoms. The van der Waals surface area contributed by atoms with Crippen molar-refractivity contribution < 1.29 is 17.9 Å². The van der Waals surface area contributed by atoms with Crippen LogP contribution < -0.4 is 14.8 Å². The van der Waals surface area contributed by atoms with Crippen LogP contribution in [0, 0.1) is 6.92 Å². The predicted molar refractivity (Wildman–Crippen MR) is 114 cm³/mol. The quantitative estimate of drug-likeness (QED) is 0.593. The highest BCUT2D eigenvalue weighted by Crippen LogP contribution is 2.25. The standard InChI is InChI=1S/C21H19ClN2O4S/c1-14-4-3-5-15(12-14)23-21(25)19-13-16(6-11-20(19)22)24-29(26,27)18-9-7-17(28-2)8-10-18/h3-13,24H,1-2H3,(H,23,25). The number of carbonyl (C=O) groups is 1. The number of hydrogen-bond acceptors (Lipinski definition) is 4. The second-order valence-electron chi connectivity index (χ2n) is 6.30. The maximum atomic E-state index is 12.6. The fourth-order valence-electron chi connectivity index (χ4n) is 2.65. The molecule has 0 unspecified atom stereocenters. The van der Waals surface area contributed by atoms with Gasteiger partial charge in [0.15, 0.2) is 0 Å². The van der Waals surface area contributed by atoms with Crippen molar-refractivity contribution in [3.05, 3.63) is 82.9 Å². The number of hydrogen-bond donors (Lipinski definition) is 2. The van der Waals surface area contributed by atoms with E-state index in [1.54, 1.807) is 18.2 Å². The van der Waals surface area contributed by atoms with Gasteiger partial charge in [-0.05, 0) is 67.1 Å². The van der Waals surface area contributed by atoms with E-state index in [0.29, 0.717) is 11.4 Å². The molecule has 0 aromatic heterocycles. The van der Waals surface area contributed by atoms with Crippen LogP contribution in [-0.2, 0) is 10.0 Å². The summed E-state index contributed by atoms with van der Waals surface area (Å²) in [5, 5.41) is 2.97. The third-order valence-corrected chi connectivity index (χ3v) is 5.84. The summed E-state index contributed by atoms with van der Waals surface area (Å²) in [6, 6.07) is 17.7. The number of nitrogens with one attached hydrogen (secondary N) is 2. The van der Waals surface area contributed by atoms with Crippen LogP contribution in [0.25, 0.3) is 0 Å². The van der Waals surface area contributed by atoms with E-state index in [-0.39, 0.29) is 21.2 Å². The summed E-state index contributed by atoms with van der Waals surface area (Å²) in [5.41, 5.74) is 1.99. The van der Waals surface area contributed by atoms with Crippen LogP contribution in [0.1, 0.15) is 15.9 Å². The van der Waals surface area contributed by atoms with Gasteiger partial charge in [0.2, 0.25) is 0 Å². The molecule has 2 N–H and O–H groups in total. The van der Waals surface area contributed by atoms with Crippen molar-refractivity contribution in [2.75, 3.05) is 17.1 Å². The molecule has 0 spiro atoms. The van der Waals surface area contributed by atoms with Gasteiger partial charge in [0.25, 0.3) is 15.9 Å². The number of rotatable bonds is 6. The van der Waals surface area contributed by atoms with Gasteiger partial charge in [-0.15, -0.1) is 0 Å². The molecule has 0 fully saturated rings. The van der Waals surface area contributed by atoms with Crippen LogP contribution in [0.2, 0.25) is 5.02 Å². The first kappa shape index (κ1) is 20.7. The first-order valence-corrected chi connectivity index (χ1v) is 10.5. The maximum Gasteiger partial charge on any atom is 0.261 e. The lowest BCUT2D eigenvalue weighted by molar-refractivity contribution is 0.102. The molecule has 29 heavy (non-hydrogen) atoms. The lowest BCUT2D eigenvalue weighted by Crippen LogP contribution is -2.15. The molecule has 0 saturated carbocycles. The van der Waals surface area contributed by atoms with Crippen LogP contribution >= 0.6 is 11.6 Å². The van der Waals surface area contributed by atoms with Gasteiger partial charge in [-0.3, -0.25) is 9.52 Å². The zero-order chi connectivity index (χ0) is 21.0. The summed E-state index contributed by atoms with van der Waals surface area (Å²) >= 11 is 6.16. The Morgan fingerprint density at radius 2 is 1.69 bits per heavy atom. The number of amides is 1. The minimum atomic E-state index is -3.84. The summed E-state index contributed by atoms with van der Waals surface area (Å²) in [5.74, 6) is 0.108. The van der Waals surface area contributed by atoms with E-state index in [2.05, 4.69) is 10.0 Å². The third kappa shape index (κ3) is 5.07. The number of aryl methyl sites for hydroxylation is 1. The maximum absolute atomic E-state index is 12.6. The van der Waals surface area contributed by atoms with Gasteiger partial charge >= 0.3 is 0 Å². The van der Waals surface area contributed by atoms with Gasteiger partial charge in [0, 0.05) is 11.4 Å². The fraction of sp³-hybridized carbons (Fsp3) is 0.0952. The Bertz CT molecular complexity index is 1150. The van der Waals surface area contributed by atoms with Crippen molar-refractivity contribution in [3.63, 3.8) is 0 Å². The molecule has 6 nitrogen and oxygen atoms in total. The van der Waals surface area contributed by atoms with Gasteiger partial charge in [-0.2, -0.15) is 0 Å². The van der Waals surface area contributed by atoms with Crippen LogP contribution in [-0.4, -0.2) is 21.4 Å². The summed E-state index contributed by atoms with van der Waals surface area (Å²) in [7, 11) is -2.34. The van der Waals surface area contributed by atoms with Crippen molar-refractivity contribution in [2.45, 2.75) is 11.8 Å². The van der Waals surface area contributed by atoms with Crippen LogP contribution in [0.15, 0.2) is 71.6 Å². The Kier molecular flexibility index (Phi) is 6.10. The highest BCUT2D eigenvalue weighted by molar-refractivity contribution is 7.92. The smallest absolute Gasteiger partial charge is 0.261 e. The Hall–Kier alpha value is -3.03. The molecule has 0 aliphatic rings. The zero-order valence-electron chi connectivity index (χ0n) is 15.8. The molecular weight excluding hydrogens is 412 g/mol. The number of anilines is 2. The van der Waals surface area contributed by atoms with Gasteiger partial charge in [-0.25, -0.2) is 8.42 Å². The SMILES string of the molecule is COc1ccc(S(=O)(=O)Nc2ccc(Cl)c(C(=O)Nc3cccc(C)c3)c2)cc1. The summed E-state index contributed by atoms with van der Waals surface area (Å²) < 4.78 is 32.7. The molecule has 0 radical (unpaired) electrons. The van der Waals surface area contributed by atoms with E-state index in [1.165, 1.54) is 37.4 Å². The van der Waals surface area contributed by atoms with E-state index in [9.17, 15) is 13.2 Å². The molecule has 3 aromatic rings. The average Bonchev–Trinajstić information content (AvgIpc) is 2.69. The average molecular weight is 431 g/mol. The molecule has 0 aliphatic heterocycles. The van der Waals surface area contributed by atoms with Crippen LogP contribution in [0.5, 0.6) is 5.75 Å². The Morgan fingerprint density at radius 1 is 0.966 bits per heavy atom. The molecule has 0 saturated heterocycles. The minimum absolute atomic E-state index is 0.0685. The zero-order valence-corrected chi connectivity index (χ0v) is 17.3. The van der Waals surface area contributed by atoms with E-state index in [1.807, 2.05) is 25.1 Å². The molecule has 3 aromatic carbocycles. The molecule has 1 amide bonds. The highest BCUT2D eigenvalue weighted by atomic mass is 35.5. The highest BCUT2D eigenvalue weighted by Gasteiger charge is 2.17. The third-order valence-electron chi connectivity index (χ3n) is 4.11. The van der Waals surface area contributed by atoms with Gasteiger partial charge < -0.3 is 10.1 Å². The van der Waals surface area contributed by atoms with E-state index in [4.69, 9.17) is 16.3 Å². The summed E-state index contributed by atoms with van der Waals surface area (Å²) in [6.07, 6.45) is 0. The lowest BCUT2D eigenvalue weighted by Gasteiger charge is -2.12. The second-order valence-corrected chi connectivity index (χ2v) is 8.39. The number of methoxy groups -OCH3 is 1. The van der Waals surface area contributed by atoms with Crippen molar-refractivity contribution in [1.82, 2.24) is 0 Å². The van der Waals surface area contributed by atoms with E-state index >= 15 is 0 Å². The van der Waals surface area contributed by atoms with Crippen molar-refractivity contribution in [1.29, 1.82) is 0 Å². The Morgan fingerprint density at radius 3 is 2.34 bits per heavy atom. The molecule has 150 valence electrons. The molecule has 0 bridgehead atoms. The Labute approximate surface area is 174 Å². The number of ether oxygens (including phenoxy) is 1. The topological polar surface area (TPSA) is 84.5 Å².